The Balaban J connectivity index is 1.80. The lowest BCUT2D eigenvalue weighted by atomic mass is 9.93. The smallest absolute Gasteiger partial charge is 0.306 e. The summed E-state index contributed by atoms with van der Waals surface area (Å²) >= 11 is 6.33. The molecule has 0 saturated heterocycles. The lowest BCUT2D eigenvalue weighted by Crippen LogP contribution is -2.27. The molecule has 2 N–H and O–H groups in total. The lowest BCUT2D eigenvalue weighted by molar-refractivity contribution is 0.394. The second-order valence-corrected chi connectivity index (χ2v) is 13.4. The molecule has 0 radical (unpaired) electrons. The van der Waals surface area contributed by atoms with Gasteiger partial charge in [-0.15, -0.1) is 0 Å². The van der Waals surface area contributed by atoms with Crippen molar-refractivity contribution in [3.63, 3.8) is 0 Å². The zero-order chi connectivity index (χ0) is 26.7. The zero-order valence-corrected chi connectivity index (χ0v) is 22.5. The van der Waals surface area contributed by atoms with E-state index in [4.69, 9.17) is 26.5 Å². The van der Waals surface area contributed by atoms with Crippen LogP contribution in [0.4, 0.5) is 5.95 Å². The number of imidazole rings is 1. The fourth-order valence-corrected chi connectivity index (χ4v) is 6.23. The first-order valence-corrected chi connectivity index (χ1v) is 15.0. The van der Waals surface area contributed by atoms with Crippen molar-refractivity contribution in [3.8, 4) is 5.75 Å². The summed E-state index contributed by atoms with van der Waals surface area (Å²) in [6.07, 6.45) is 6.15. The lowest BCUT2D eigenvalue weighted by Gasteiger charge is -2.29. The fraction of sp³-hybridized carbons (Fsp3) is 0.250. The third kappa shape index (κ3) is 4.49. The maximum atomic E-state index is 13.2. The van der Waals surface area contributed by atoms with Gasteiger partial charge in [0, 0.05) is 6.20 Å². The second kappa shape index (κ2) is 8.89. The summed E-state index contributed by atoms with van der Waals surface area (Å²) in [5, 5.41) is -0.342. The quantitative estimate of drug-likeness (QED) is 0.450. The average Bonchev–Trinajstić information content (AvgIpc) is 3.36. The van der Waals surface area contributed by atoms with Gasteiger partial charge in [0.1, 0.15) is 17.4 Å². The van der Waals surface area contributed by atoms with Gasteiger partial charge >= 0.3 is 10.1 Å². The Morgan fingerprint density at radius 2 is 1.76 bits per heavy atom. The highest BCUT2D eigenvalue weighted by atomic mass is 35.5. The number of halogens is 1. The van der Waals surface area contributed by atoms with Gasteiger partial charge in [-0.25, -0.2) is 17.4 Å². The molecular formula is C24H24ClN5O5S2. The highest BCUT2D eigenvalue weighted by molar-refractivity contribution is 7.90. The van der Waals surface area contributed by atoms with Crippen LogP contribution < -0.4 is 9.92 Å². The number of fused-ring (bicyclic) bond motifs is 2. The molecule has 2 unspecified atom stereocenters. The molecule has 13 heteroatoms. The number of nitrogen functional groups attached to an aromatic ring is 1. The van der Waals surface area contributed by atoms with Crippen LogP contribution in [0.3, 0.4) is 0 Å². The Bertz CT molecular complexity index is 1710. The van der Waals surface area contributed by atoms with Crippen LogP contribution in [0.1, 0.15) is 37.1 Å². The Morgan fingerprint density at radius 1 is 1.05 bits per heavy atom. The van der Waals surface area contributed by atoms with E-state index in [1.807, 2.05) is 35.2 Å². The van der Waals surface area contributed by atoms with Gasteiger partial charge in [0.15, 0.2) is 5.75 Å². The number of hydrogen-bond donors (Lipinski definition) is 1. The first kappa shape index (κ1) is 25.3. The van der Waals surface area contributed by atoms with Crippen LogP contribution in [0, 0.1) is 0 Å². The topological polar surface area (TPSA) is 137 Å². The van der Waals surface area contributed by atoms with Crippen LogP contribution in [-0.4, -0.2) is 48.0 Å². The summed E-state index contributed by atoms with van der Waals surface area (Å²) in [4.78, 5) is 10.9. The third-order valence-corrected chi connectivity index (χ3v) is 8.88. The molecule has 0 fully saturated rings. The van der Waals surface area contributed by atoms with E-state index in [9.17, 15) is 16.8 Å². The molecule has 0 aliphatic carbocycles. The maximum Gasteiger partial charge on any atom is 0.306 e. The highest BCUT2D eigenvalue weighted by Crippen LogP contribution is 2.46. The molecule has 1 aromatic heterocycles. The predicted octanol–water partition coefficient (Wildman–Crippen LogP) is 3.69. The number of nitrogens with two attached hydrogens (primary N) is 1. The van der Waals surface area contributed by atoms with Crippen molar-refractivity contribution in [1.29, 1.82) is 0 Å². The molecule has 0 bridgehead atoms. The van der Waals surface area contributed by atoms with E-state index < -0.39 is 37.5 Å². The van der Waals surface area contributed by atoms with Crippen molar-refractivity contribution in [3.05, 3.63) is 77.0 Å². The van der Waals surface area contributed by atoms with Gasteiger partial charge in [-0.3, -0.25) is 4.99 Å². The number of aliphatic imine (C=N–C) groups is 1. The number of benzene rings is 2. The van der Waals surface area contributed by atoms with Crippen LogP contribution in [0.25, 0.3) is 11.0 Å². The second-order valence-electron chi connectivity index (χ2n) is 9.04. The molecule has 2 aliphatic rings. The first-order chi connectivity index (χ1) is 17.4. The molecule has 0 saturated carbocycles. The third-order valence-electron chi connectivity index (χ3n) is 6.09. The van der Waals surface area contributed by atoms with Crippen LogP contribution >= 0.6 is 11.6 Å². The Kier molecular flexibility index (Phi) is 6.08. The molecule has 2 aromatic carbocycles. The molecule has 37 heavy (non-hydrogen) atoms. The molecule has 0 spiro atoms. The number of rotatable bonds is 6. The van der Waals surface area contributed by atoms with Crippen molar-refractivity contribution in [2.45, 2.75) is 31.2 Å². The highest BCUT2D eigenvalue weighted by Gasteiger charge is 2.39. The molecule has 3 aromatic rings. The van der Waals surface area contributed by atoms with E-state index in [1.165, 1.54) is 19.9 Å². The van der Waals surface area contributed by atoms with Gasteiger partial charge in [0.05, 0.1) is 28.1 Å². The predicted molar refractivity (Wildman–Crippen MR) is 143 cm³/mol. The van der Waals surface area contributed by atoms with E-state index in [2.05, 4.69) is 4.98 Å². The molecule has 2 aliphatic heterocycles. The van der Waals surface area contributed by atoms with E-state index in [0.29, 0.717) is 16.4 Å². The van der Waals surface area contributed by atoms with Gasteiger partial charge in [-0.1, -0.05) is 41.9 Å². The molecule has 10 nitrogen and oxygen atoms in total. The summed E-state index contributed by atoms with van der Waals surface area (Å²) in [5.41, 5.74) is 7.61. The summed E-state index contributed by atoms with van der Waals surface area (Å²) in [5.74, 6) is 0.213. The van der Waals surface area contributed by atoms with Crippen LogP contribution in [0.2, 0.25) is 0 Å². The van der Waals surface area contributed by atoms with E-state index in [0.717, 1.165) is 15.8 Å². The van der Waals surface area contributed by atoms with E-state index >= 15 is 0 Å². The van der Waals surface area contributed by atoms with Crippen LogP contribution in [0.15, 0.2) is 70.8 Å². The zero-order valence-electron chi connectivity index (χ0n) is 20.1. The number of aromatic nitrogens is 2. The van der Waals surface area contributed by atoms with E-state index in [1.54, 1.807) is 24.4 Å². The van der Waals surface area contributed by atoms with Gasteiger partial charge < -0.3 is 14.8 Å². The van der Waals surface area contributed by atoms with Gasteiger partial charge in [0.2, 0.25) is 16.0 Å². The monoisotopic (exact) mass is 561 g/mol. The Hall–Kier alpha value is -3.35. The standard InChI is InChI=1S/C24H24ClN5O5S2/c1-14(2)37(33,34)30-18-11-16(12-19(35-36(3,31)32)22(18)28-24(30)26)23-21(15-7-5-4-6-8-15)27-20-10-9-17(25)13-29(20)23/h4-14,21,23H,1-3H3,(H2,26,28). The number of allylic oxidation sites excluding steroid dienone is 2. The van der Waals surface area contributed by atoms with Gasteiger partial charge in [-0.05, 0) is 49.3 Å². The minimum Gasteiger partial charge on any atom is -0.380 e. The molecule has 2 atom stereocenters. The molecule has 194 valence electrons. The minimum atomic E-state index is -3.99. The van der Waals surface area contributed by atoms with E-state index in [-0.39, 0.29) is 22.7 Å². The summed E-state index contributed by atoms with van der Waals surface area (Å²) in [6, 6.07) is 11.8. The molecule has 0 amide bonds. The van der Waals surface area contributed by atoms with Crippen molar-refractivity contribution >= 4 is 54.6 Å². The fourth-order valence-electron chi connectivity index (χ4n) is 4.47. The number of amidine groups is 1. The number of hydrogen-bond acceptors (Lipinski definition) is 9. The Labute approximate surface area is 219 Å². The molecular weight excluding hydrogens is 538 g/mol. The largest absolute Gasteiger partial charge is 0.380 e. The summed E-state index contributed by atoms with van der Waals surface area (Å²) < 4.78 is 57.0. The summed E-state index contributed by atoms with van der Waals surface area (Å²) in [6.45, 7) is 3.04. The average molecular weight is 562 g/mol. The molecule has 3 heterocycles. The number of nitrogens with zero attached hydrogens (tertiary/aromatic N) is 4. The van der Waals surface area contributed by atoms with Crippen molar-refractivity contribution in [2.75, 3.05) is 12.0 Å². The minimum absolute atomic E-state index is 0.0124. The first-order valence-electron chi connectivity index (χ1n) is 11.3. The SMILES string of the molecule is CC(C)S(=O)(=O)n1c(N)nc2c(OS(C)(=O)=O)cc(C3C(c4ccccc4)N=C4C=CC(Cl)=CN43)cc21. The van der Waals surface area contributed by atoms with Crippen molar-refractivity contribution in [2.24, 2.45) is 4.99 Å². The summed E-state index contributed by atoms with van der Waals surface area (Å²) in [7, 11) is -7.94. The number of anilines is 1. The van der Waals surface area contributed by atoms with Crippen molar-refractivity contribution < 1.29 is 21.0 Å². The normalized spacial score (nSPS) is 19.8. The van der Waals surface area contributed by atoms with Gasteiger partial charge in [-0.2, -0.15) is 8.42 Å². The molecule has 5 rings (SSSR count). The van der Waals surface area contributed by atoms with Crippen molar-refractivity contribution in [1.82, 2.24) is 13.9 Å². The van der Waals surface area contributed by atoms with Crippen LogP contribution in [-0.2, 0) is 20.1 Å². The van der Waals surface area contributed by atoms with Gasteiger partial charge in [0.25, 0.3) is 0 Å². The Morgan fingerprint density at radius 3 is 2.41 bits per heavy atom. The van der Waals surface area contributed by atoms with Crippen LogP contribution in [0.5, 0.6) is 5.75 Å². The maximum absolute atomic E-state index is 13.2.